The van der Waals surface area contributed by atoms with Crippen LogP contribution in [0.3, 0.4) is 0 Å². The third kappa shape index (κ3) is 5.79. The van der Waals surface area contributed by atoms with Gasteiger partial charge in [0, 0.05) is 12.6 Å². The van der Waals surface area contributed by atoms with Gasteiger partial charge in [-0.2, -0.15) is 0 Å². The van der Waals surface area contributed by atoms with Crippen molar-refractivity contribution in [3.63, 3.8) is 0 Å². The van der Waals surface area contributed by atoms with Gasteiger partial charge in [0.05, 0.1) is 5.75 Å². The van der Waals surface area contributed by atoms with Crippen LogP contribution in [0.1, 0.15) is 51.9 Å². The van der Waals surface area contributed by atoms with E-state index in [1.807, 2.05) is 0 Å². The molecule has 19 heavy (non-hydrogen) atoms. The molecule has 5 heteroatoms. The summed E-state index contributed by atoms with van der Waals surface area (Å²) in [4.78, 5) is 0. The van der Waals surface area contributed by atoms with Crippen LogP contribution in [0.5, 0.6) is 0 Å². The zero-order chi connectivity index (χ0) is 13.7. The molecule has 0 saturated heterocycles. The van der Waals surface area contributed by atoms with Crippen molar-refractivity contribution in [2.75, 3.05) is 18.8 Å². The molecule has 2 aliphatic carbocycles. The van der Waals surface area contributed by atoms with E-state index in [0.717, 1.165) is 6.54 Å². The molecule has 0 radical (unpaired) electrons. The normalized spacial score (nSPS) is 28.5. The first-order valence-electron chi connectivity index (χ1n) is 7.77. The smallest absolute Gasteiger partial charge is 0.211 e. The van der Waals surface area contributed by atoms with Crippen LogP contribution >= 0.6 is 0 Å². The quantitative estimate of drug-likeness (QED) is 0.670. The summed E-state index contributed by atoms with van der Waals surface area (Å²) >= 11 is 0. The second kappa shape index (κ2) is 7.04. The Labute approximate surface area is 117 Å². The summed E-state index contributed by atoms with van der Waals surface area (Å²) in [6, 6.07) is 0.666. The van der Waals surface area contributed by atoms with Crippen molar-refractivity contribution < 1.29 is 8.42 Å². The van der Waals surface area contributed by atoms with Gasteiger partial charge >= 0.3 is 0 Å². The van der Waals surface area contributed by atoms with Crippen molar-refractivity contribution in [1.29, 1.82) is 0 Å². The lowest BCUT2D eigenvalue weighted by atomic mass is 9.81. The van der Waals surface area contributed by atoms with E-state index in [1.54, 1.807) is 0 Å². The molecule has 2 saturated carbocycles. The number of rotatable bonds is 8. The van der Waals surface area contributed by atoms with E-state index < -0.39 is 10.0 Å². The van der Waals surface area contributed by atoms with E-state index in [1.165, 1.54) is 38.5 Å². The first kappa shape index (κ1) is 15.3. The second-order valence-electron chi connectivity index (χ2n) is 6.27. The minimum atomic E-state index is -3.07. The highest BCUT2D eigenvalue weighted by molar-refractivity contribution is 7.89. The Morgan fingerprint density at radius 1 is 1.11 bits per heavy atom. The number of hydrogen-bond acceptors (Lipinski definition) is 3. The van der Waals surface area contributed by atoms with Crippen molar-refractivity contribution in [2.45, 2.75) is 57.9 Å². The van der Waals surface area contributed by atoms with Crippen LogP contribution in [0.2, 0.25) is 0 Å². The van der Waals surface area contributed by atoms with Gasteiger partial charge in [0.2, 0.25) is 10.0 Å². The molecule has 0 aliphatic heterocycles. The van der Waals surface area contributed by atoms with Gasteiger partial charge in [0.1, 0.15) is 0 Å². The Morgan fingerprint density at radius 2 is 1.84 bits per heavy atom. The van der Waals surface area contributed by atoms with Crippen molar-refractivity contribution >= 4 is 10.0 Å². The lowest BCUT2D eigenvalue weighted by Crippen LogP contribution is -2.35. The topological polar surface area (TPSA) is 58.2 Å². The summed E-state index contributed by atoms with van der Waals surface area (Å²) in [5, 5.41) is 3.35. The maximum Gasteiger partial charge on any atom is 0.211 e. The van der Waals surface area contributed by atoms with Gasteiger partial charge in [-0.1, -0.05) is 26.2 Å². The summed E-state index contributed by atoms with van der Waals surface area (Å²) in [5.41, 5.74) is 0. The highest BCUT2D eigenvalue weighted by atomic mass is 32.2. The molecular weight excluding hydrogens is 260 g/mol. The number of sulfonamides is 1. The Bertz CT molecular complexity index is 366. The van der Waals surface area contributed by atoms with Crippen LogP contribution in [-0.4, -0.2) is 33.3 Å². The summed E-state index contributed by atoms with van der Waals surface area (Å²) in [6.45, 7) is 3.71. The molecular formula is C14H28N2O2S. The van der Waals surface area contributed by atoms with Crippen LogP contribution < -0.4 is 10.0 Å². The minimum Gasteiger partial charge on any atom is -0.314 e. The van der Waals surface area contributed by atoms with E-state index >= 15 is 0 Å². The minimum absolute atomic E-state index is 0.258. The van der Waals surface area contributed by atoms with Crippen LogP contribution in [0.4, 0.5) is 0 Å². The van der Waals surface area contributed by atoms with Gasteiger partial charge in [0.15, 0.2) is 0 Å². The maximum absolute atomic E-state index is 11.9. The van der Waals surface area contributed by atoms with Gasteiger partial charge in [-0.25, -0.2) is 13.1 Å². The van der Waals surface area contributed by atoms with Crippen molar-refractivity contribution in [3.05, 3.63) is 0 Å². The molecule has 2 atom stereocenters. The van der Waals surface area contributed by atoms with Crippen molar-refractivity contribution in [3.8, 4) is 0 Å². The van der Waals surface area contributed by atoms with Crippen LogP contribution in [0, 0.1) is 11.8 Å². The summed E-state index contributed by atoms with van der Waals surface area (Å²) in [7, 11) is -3.07. The summed E-state index contributed by atoms with van der Waals surface area (Å²) < 4.78 is 26.6. The van der Waals surface area contributed by atoms with Gasteiger partial charge in [-0.3, -0.25) is 0 Å². The van der Waals surface area contributed by atoms with Crippen molar-refractivity contribution in [1.82, 2.24) is 10.0 Å². The van der Waals surface area contributed by atoms with Crippen LogP contribution in [0.15, 0.2) is 0 Å². The summed E-state index contributed by atoms with van der Waals surface area (Å²) in [6.07, 6.45) is 8.20. The molecule has 0 heterocycles. The first-order chi connectivity index (χ1) is 9.07. The lowest BCUT2D eigenvalue weighted by Gasteiger charge is -2.28. The Hall–Kier alpha value is -0.130. The van der Waals surface area contributed by atoms with E-state index in [-0.39, 0.29) is 5.75 Å². The first-order valence-corrected chi connectivity index (χ1v) is 9.43. The van der Waals surface area contributed by atoms with Gasteiger partial charge in [0.25, 0.3) is 0 Å². The van der Waals surface area contributed by atoms with Crippen LogP contribution in [0.25, 0.3) is 0 Å². The summed E-state index contributed by atoms with van der Waals surface area (Å²) in [5.74, 6) is 1.45. The molecule has 0 amide bonds. The molecule has 0 aromatic carbocycles. The fourth-order valence-electron chi connectivity index (χ4n) is 2.86. The third-order valence-corrected chi connectivity index (χ3v) is 5.89. The molecule has 0 aromatic heterocycles. The molecule has 0 spiro atoms. The van der Waals surface area contributed by atoms with Crippen LogP contribution in [-0.2, 0) is 10.0 Å². The van der Waals surface area contributed by atoms with E-state index in [0.29, 0.717) is 30.8 Å². The second-order valence-corrected chi connectivity index (χ2v) is 8.20. The average Bonchev–Trinajstić information content (AvgIpc) is 3.18. The molecule has 2 fully saturated rings. The maximum atomic E-state index is 11.9. The Morgan fingerprint density at radius 3 is 2.53 bits per heavy atom. The van der Waals surface area contributed by atoms with Gasteiger partial charge in [-0.05, 0) is 44.1 Å². The van der Waals surface area contributed by atoms with Gasteiger partial charge < -0.3 is 5.32 Å². The fraction of sp³-hybridized carbons (Fsp3) is 1.00. The number of hydrogen-bond donors (Lipinski definition) is 2. The largest absolute Gasteiger partial charge is 0.314 e. The molecule has 2 rings (SSSR count). The monoisotopic (exact) mass is 288 g/mol. The fourth-order valence-corrected chi connectivity index (χ4v) is 4.00. The Balaban J connectivity index is 1.61. The molecule has 112 valence electrons. The predicted octanol–water partition coefficient (Wildman–Crippen LogP) is 1.87. The molecule has 0 aromatic rings. The average molecular weight is 288 g/mol. The molecule has 2 unspecified atom stereocenters. The zero-order valence-electron chi connectivity index (χ0n) is 12.0. The molecule has 0 bridgehead atoms. The van der Waals surface area contributed by atoms with E-state index in [2.05, 4.69) is 17.0 Å². The molecule has 4 nitrogen and oxygen atoms in total. The lowest BCUT2D eigenvalue weighted by molar-refractivity contribution is 0.257. The predicted molar refractivity (Wildman–Crippen MR) is 78.6 cm³/mol. The van der Waals surface area contributed by atoms with E-state index in [4.69, 9.17) is 0 Å². The number of nitrogens with one attached hydrogen (secondary N) is 2. The molecule has 2 N–H and O–H groups in total. The zero-order valence-corrected chi connectivity index (χ0v) is 12.8. The standard InChI is InChI=1S/C14H28N2O2S/c1-12-5-2-3-6-13(12)11-16-19(17,18)10-4-9-15-14-7-8-14/h12-16H,2-11H2,1H3. The third-order valence-electron chi connectivity index (χ3n) is 4.45. The Kier molecular flexibility index (Phi) is 5.66. The SMILES string of the molecule is CC1CCCCC1CNS(=O)(=O)CCCNC1CC1. The van der Waals surface area contributed by atoms with Crippen molar-refractivity contribution in [2.24, 2.45) is 11.8 Å². The highest BCUT2D eigenvalue weighted by Gasteiger charge is 2.23. The van der Waals surface area contributed by atoms with E-state index in [9.17, 15) is 8.42 Å². The van der Waals surface area contributed by atoms with Gasteiger partial charge in [-0.15, -0.1) is 0 Å². The molecule has 2 aliphatic rings. The highest BCUT2D eigenvalue weighted by Crippen LogP contribution is 2.28.